The third-order valence-corrected chi connectivity index (χ3v) is 4.94. The van der Waals surface area contributed by atoms with Gasteiger partial charge in [0.05, 0.1) is 3.42 Å². The molecule has 0 aliphatic heterocycles. The van der Waals surface area contributed by atoms with Crippen LogP contribution < -0.4 is 6.15 Å². The lowest BCUT2D eigenvalue weighted by Gasteiger charge is -2.33. The van der Waals surface area contributed by atoms with E-state index in [1.807, 2.05) is 0 Å². The lowest BCUT2D eigenvalue weighted by molar-refractivity contribution is -0.145. The van der Waals surface area contributed by atoms with Gasteiger partial charge >= 0.3 is 5.97 Å². The highest BCUT2D eigenvalue weighted by atomic mass is 127. The molecule has 0 heterocycles. The number of quaternary nitrogens is 1. The zero-order valence-electron chi connectivity index (χ0n) is 11.1. The van der Waals surface area contributed by atoms with Crippen molar-refractivity contribution < 1.29 is 9.53 Å². The van der Waals surface area contributed by atoms with Gasteiger partial charge in [-0.15, -0.1) is 0 Å². The molecule has 0 aliphatic rings. The summed E-state index contributed by atoms with van der Waals surface area (Å²) >= 11 is 2.41. The first-order valence-corrected chi connectivity index (χ1v) is 6.54. The molecule has 0 amide bonds. The molecular weight excluding hydrogens is 317 g/mol. The number of hydrogen-bond acceptors (Lipinski definition) is 2. The fourth-order valence-corrected chi connectivity index (χ4v) is 2.06. The topological polar surface area (TPSA) is 62.8 Å². The van der Waals surface area contributed by atoms with Crippen LogP contribution in [0.15, 0.2) is 12.2 Å². The maximum Gasteiger partial charge on any atom is 0.333 e. The number of rotatable bonds is 6. The van der Waals surface area contributed by atoms with E-state index in [1.54, 1.807) is 6.92 Å². The van der Waals surface area contributed by atoms with Crippen molar-refractivity contribution in [1.29, 1.82) is 0 Å². The van der Waals surface area contributed by atoms with Gasteiger partial charge in [-0.05, 0) is 26.2 Å². The van der Waals surface area contributed by atoms with Crippen LogP contribution in [-0.4, -0.2) is 15.5 Å². The number of hydrogen-bond donors (Lipinski definition) is 1. The third-order valence-electron chi connectivity index (χ3n) is 2.72. The van der Waals surface area contributed by atoms with Crippen molar-refractivity contribution in [3.05, 3.63) is 12.2 Å². The van der Waals surface area contributed by atoms with Gasteiger partial charge in [0.1, 0.15) is 6.10 Å². The molecule has 0 spiro atoms. The van der Waals surface area contributed by atoms with Crippen LogP contribution in [0.3, 0.4) is 0 Å². The van der Waals surface area contributed by atoms with Crippen molar-refractivity contribution in [3.63, 3.8) is 0 Å². The Morgan fingerprint density at radius 2 is 1.81 bits per heavy atom. The van der Waals surface area contributed by atoms with E-state index in [-0.39, 0.29) is 21.6 Å². The molecular formula is C12H25INO2+. The normalized spacial score (nSPS) is 12.6. The van der Waals surface area contributed by atoms with Gasteiger partial charge in [-0.2, -0.15) is 0 Å². The van der Waals surface area contributed by atoms with E-state index in [4.69, 9.17) is 4.74 Å². The first kappa shape index (κ1) is 18.3. The molecule has 3 nitrogen and oxygen atoms in total. The van der Waals surface area contributed by atoms with Crippen LogP contribution >= 0.6 is 22.6 Å². The molecule has 0 saturated heterocycles. The van der Waals surface area contributed by atoms with E-state index in [9.17, 15) is 4.79 Å². The van der Waals surface area contributed by atoms with Crippen LogP contribution in [0.1, 0.15) is 47.0 Å². The van der Waals surface area contributed by atoms with E-state index in [0.717, 1.165) is 19.3 Å². The standard InChI is InChI=1S/C12H21IO2.H3N/c1-6-10(12(13,7-2)8-3)15-11(14)9(4)5;/h10H,4,6-8H2,1-3,5H3;1H3/p+1. The van der Waals surface area contributed by atoms with Crippen molar-refractivity contribution in [2.75, 3.05) is 0 Å². The Morgan fingerprint density at radius 1 is 1.38 bits per heavy atom. The van der Waals surface area contributed by atoms with Crippen LogP contribution in [0, 0.1) is 0 Å². The summed E-state index contributed by atoms with van der Waals surface area (Å²) < 4.78 is 5.52. The Morgan fingerprint density at radius 3 is 2.06 bits per heavy atom. The van der Waals surface area contributed by atoms with Gasteiger partial charge in [0.15, 0.2) is 0 Å². The van der Waals surface area contributed by atoms with Crippen LogP contribution in [0.5, 0.6) is 0 Å². The molecule has 0 aromatic heterocycles. The Labute approximate surface area is 113 Å². The minimum Gasteiger partial charge on any atom is -0.458 e. The van der Waals surface area contributed by atoms with Crippen molar-refractivity contribution >= 4 is 28.6 Å². The summed E-state index contributed by atoms with van der Waals surface area (Å²) in [5.41, 5.74) is 0.472. The molecule has 0 fully saturated rings. The lowest BCUT2D eigenvalue weighted by atomic mass is 9.94. The fourth-order valence-electron chi connectivity index (χ4n) is 1.49. The molecule has 0 bridgehead atoms. The van der Waals surface area contributed by atoms with E-state index >= 15 is 0 Å². The fraction of sp³-hybridized carbons (Fsp3) is 0.750. The second-order valence-corrected chi connectivity index (χ2v) is 5.97. The number of carbonyl (C=O) groups excluding carboxylic acids is 1. The van der Waals surface area contributed by atoms with Crippen molar-refractivity contribution in [2.24, 2.45) is 0 Å². The molecule has 0 aromatic rings. The molecule has 0 rings (SSSR count). The summed E-state index contributed by atoms with van der Waals surface area (Å²) in [6.07, 6.45) is 2.85. The van der Waals surface area contributed by atoms with Crippen LogP contribution in [-0.2, 0) is 9.53 Å². The monoisotopic (exact) mass is 342 g/mol. The maximum absolute atomic E-state index is 11.5. The van der Waals surface area contributed by atoms with Gasteiger partial charge in [0.25, 0.3) is 0 Å². The quantitative estimate of drug-likeness (QED) is 0.339. The van der Waals surface area contributed by atoms with Crippen molar-refractivity contribution in [1.82, 2.24) is 6.15 Å². The van der Waals surface area contributed by atoms with Gasteiger partial charge in [-0.1, -0.05) is 49.9 Å². The average molecular weight is 342 g/mol. The highest BCUT2D eigenvalue weighted by Crippen LogP contribution is 2.34. The molecule has 1 unspecified atom stereocenters. The lowest BCUT2D eigenvalue weighted by Crippen LogP contribution is -2.38. The second kappa shape index (κ2) is 8.06. The number of ether oxygens (including phenoxy) is 1. The number of esters is 1. The summed E-state index contributed by atoms with van der Waals surface area (Å²) in [5, 5.41) is 0. The summed E-state index contributed by atoms with van der Waals surface area (Å²) in [4.78, 5) is 11.5. The molecule has 96 valence electrons. The van der Waals surface area contributed by atoms with Crippen LogP contribution in [0.2, 0.25) is 0 Å². The van der Waals surface area contributed by atoms with Crippen molar-refractivity contribution in [2.45, 2.75) is 56.5 Å². The predicted molar refractivity (Wildman–Crippen MR) is 78.3 cm³/mol. The van der Waals surface area contributed by atoms with Gasteiger partial charge in [-0.3, -0.25) is 0 Å². The number of alkyl halides is 1. The van der Waals surface area contributed by atoms with Crippen LogP contribution in [0.4, 0.5) is 0 Å². The van der Waals surface area contributed by atoms with E-state index < -0.39 is 0 Å². The SMILES string of the molecule is C=C(C)C(=O)OC(CC)C(I)(CC)CC.[NH4+]. The highest BCUT2D eigenvalue weighted by Gasteiger charge is 2.34. The summed E-state index contributed by atoms with van der Waals surface area (Å²) in [6, 6.07) is 0. The summed E-state index contributed by atoms with van der Waals surface area (Å²) in [5.74, 6) is -0.273. The van der Waals surface area contributed by atoms with Gasteiger partial charge in [-0.25, -0.2) is 4.79 Å². The van der Waals surface area contributed by atoms with E-state index in [0.29, 0.717) is 5.57 Å². The third kappa shape index (κ3) is 4.82. The van der Waals surface area contributed by atoms with E-state index in [1.165, 1.54) is 0 Å². The van der Waals surface area contributed by atoms with Crippen LogP contribution in [0.25, 0.3) is 0 Å². The first-order chi connectivity index (χ1) is 6.91. The molecule has 0 saturated carbocycles. The second-order valence-electron chi connectivity index (χ2n) is 3.82. The smallest absolute Gasteiger partial charge is 0.333 e. The number of halogens is 1. The Balaban J connectivity index is 0. The maximum atomic E-state index is 11.5. The minimum atomic E-state index is -0.273. The molecule has 16 heavy (non-hydrogen) atoms. The molecule has 0 aromatic carbocycles. The highest BCUT2D eigenvalue weighted by molar-refractivity contribution is 14.1. The zero-order valence-corrected chi connectivity index (χ0v) is 13.3. The molecule has 0 aliphatic carbocycles. The first-order valence-electron chi connectivity index (χ1n) is 5.46. The summed E-state index contributed by atoms with van der Waals surface area (Å²) in [7, 11) is 0. The minimum absolute atomic E-state index is 0. The molecule has 0 radical (unpaired) electrons. The molecule has 4 N–H and O–H groups in total. The van der Waals surface area contributed by atoms with Crippen molar-refractivity contribution in [3.8, 4) is 0 Å². The van der Waals surface area contributed by atoms with E-state index in [2.05, 4.69) is 49.9 Å². The summed E-state index contributed by atoms with van der Waals surface area (Å²) in [6.45, 7) is 11.6. The van der Waals surface area contributed by atoms with Gasteiger partial charge < -0.3 is 10.9 Å². The Bertz CT molecular complexity index is 237. The van der Waals surface area contributed by atoms with Gasteiger partial charge in [0.2, 0.25) is 0 Å². The number of carbonyl (C=O) groups is 1. The molecule has 4 heteroatoms. The largest absolute Gasteiger partial charge is 0.458 e. The Hall–Kier alpha value is -0.100. The molecule has 1 atom stereocenters. The predicted octanol–water partition coefficient (Wildman–Crippen LogP) is 4.25. The average Bonchev–Trinajstić information content (AvgIpc) is 2.24. The van der Waals surface area contributed by atoms with Gasteiger partial charge in [0, 0.05) is 5.57 Å². The zero-order chi connectivity index (χ0) is 12.1. The Kier molecular flexibility index (Phi) is 9.20.